The van der Waals surface area contributed by atoms with Gasteiger partial charge < -0.3 is 11.1 Å². The molecule has 0 saturated heterocycles. The number of hydrogen-bond acceptors (Lipinski definition) is 3. The fourth-order valence-corrected chi connectivity index (χ4v) is 2.61. The van der Waals surface area contributed by atoms with E-state index >= 15 is 0 Å². The van der Waals surface area contributed by atoms with E-state index < -0.39 is 0 Å². The average Bonchev–Trinajstić information content (AvgIpc) is 2.44. The second kappa shape index (κ2) is 7.22. The van der Waals surface area contributed by atoms with Gasteiger partial charge in [0.2, 0.25) is 5.91 Å². The van der Waals surface area contributed by atoms with Gasteiger partial charge >= 0.3 is 0 Å². The van der Waals surface area contributed by atoms with Crippen molar-refractivity contribution in [1.82, 2.24) is 0 Å². The molecule has 5 heteroatoms. The van der Waals surface area contributed by atoms with E-state index in [1.807, 2.05) is 30.3 Å². The molecule has 0 aromatic heterocycles. The summed E-state index contributed by atoms with van der Waals surface area (Å²) in [5, 5.41) is 3.29. The number of halogens is 1. The van der Waals surface area contributed by atoms with E-state index in [9.17, 15) is 4.79 Å². The number of hydrogen-bond donors (Lipinski definition) is 2. The summed E-state index contributed by atoms with van der Waals surface area (Å²) in [5.74, 6) is 0.703. The van der Waals surface area contributed by atoms with Crippen LogP contribution in [0.25, 0.3) is 0 Å². The predicted molar refractivity (Wildman–Crippen MR) is 86.3 cm³/mol. The molecule has 104 valence electrons. The highest BCUT2D eigenvalue weighted by atomic mass is 35.5. The van der Waals surface area contributed by atoms with Crippen molar-refractivity contribution in [1.29, 1.82) is 0 Å². The highest BCUT2D eigenvalue weighted by molar-refractivity contribution is 7.99. The van der Waals surface area contributed by atoms with Crippen LogP contribution in [0.1, 0.15) is 6.42 Å². The fraction of sp³-hybridized carbons (Fsp3) is 0.133. The maximum Gasteiger partial charge on any atom is 0.225 e. The van der Waals surface area contributed by atoms with Crippen molar-refractivity contribution >= 4 is 40.6 Å². The van der Waals surface area contributed by atoms with Crippen molar-refractivity contribution in [2.24, 2.45) is 0 Å². The highest BCUT2D eigenvalue weighted by Crippen LogP contribution is 2.23. The van der Waals surface area contributed by atoms with Crippen LogP contribution in [0.15, 0.2) is 53.4 Å². The number of rotatable bonds is 5. The molecule has 0 saturated carbocycles. The number of nitrogens with one attached hydrogen (secondary N) is 1. The van der Waals surface area contributed by atoms with Gasteiger partial charge in [0.15, 0.2) is 0 Å². The van der Waals surface area contributed by atoms with Crippen LogP contribution in [0.5, 0.6) is 0 Å². The summed E-state index contributed by atoms with van der Waals surface area (Å²) in [6.45, 7) is 0. The fourth-order valence-electron chi connectivity index (χ4n) is 1.62. The Kier molecular flexibility index (Phi) is 5.32. The van der Waals surface area contributed by atoms with Crippen molar-refractivity contribution in [3.8, 4) is 0 Å². The topological polar surface area (TPSA) is 55.1 Å². The second-order valence-corrected chi connectivity index (χ2v) is 5.77. The Morgan fingerprint density at radius 3 is 2.65 bits per heavy atom. The maximum absolute atomic E-state index is 11.8. The number of benzene rings is 2. The van der Waals surface area contributed by atoms with Crippen LogP contribution >= 0.6 is 23.4 Å². The monoisotopic (exact) mass is 306 g/mol. The summed E-state index contributed by atoms with van der Waals surface area (Å²) in [6, 6.07) is 15.1. The van der Waals surface area contributed by atoms with E-state index in [1.165, 1.54) is 0 Å². The van der Waals surface area contributed by atoms with E-state index in [0.29, 0.717) is 22.8 Å². The molecule has 3 N–H and O–H groups in total. The Bertz CT molecular complexity index is 590. The van der Waals surface area contributed by atoms with Gasteiger partial charge in [-0.2, -0.15) is 0 Å². The van der Waals surface area contributed by atoms with Crippen molar-refractivity contribution in [2.75, 3.05) is 16.8 Å². The van der Waals surface area contributed by atoms with Crippen LogP contribution in [0.2, 0.25) is 5.02 Å². The lowest BCUT2D eigenvalue weighted by molar-refractivity contribution is -0.115. The zero-order valence-electron chi connectivity index (χ0n) is 10.8. The molecule has 0 fully saturated rings. The quantitative estimate of drug-likeness (QED) is 0.647. The normalized spacial score (nSPS) is 10.2. The first-order valence-electron chi connectivity index (χ1n) is 6.18. The van der Waals surface area contributed by atoms with Crippen LogP contribution in [-0.4, -0.2) is 11.7 Å². The van der Waals surface area contributed by atoms with Gasteiger partial charge in [-0.25, -0.2) is 0 Å². The Morgan fingerprint density at radius 2 is 1.95 bits per heavy atom. The molecule has 0 radical (unpaired) electrons. The molecule has 0 aliphatic carbocycles. The SMILES string of the molecule is Nc1cc(NC(=O)CCSc2ccccc2)ccc1Cl. The third-order valence-electron chi connectivity index (χ3n) is 2.62. The summed E-state index contributed by atoms with van der Waals surface area (Å²) in [6.07, 6.45) is 0.447. The molecular formula is C15H15ClN2OS. The van der Waals surface area contributed by atoms with E-state index in [2.05, 4.69) is 5.32 Å². The molecule has 2 aromatic rings. The van der Waals surface area contributed by atoms with Crippen LogP contribution in [0.4, 0.5) is 11.4 Å². The number of carbonyl (C=O) groups is 1. The number of thioether (sulfide) groups is 1. The number of nitrogen functional groups attached to an aromatic ring is 1. The first-order valence-corrected chi connectivity index (χ1v) is 7.54. The van der Waals surface area contributed by atoms with Gasteiger partial charge in [0, 0.05) is 22.8 Å². The predicted octanol–water partition coefficient (Wildman–Crippen LogP) is 4.04. The highest BCUT2D eigenvalue weighted by Gasteiger charge is 2.04. The van der Waals surface area contributed by atoms with E-state index in [0.717, 1.165) is 10.6 Å². The van der Waals surface area contributed by atoms with Crippen LogP contribution in [-0.2, 0) is 4.79 Å². The first kappa shape index (κ1) is 14.8. The largest absolute Gasteiger partial charge is 0.397 e. The third-order valence-corrected chi connectivity index (χ3v) is 3.98. The van der Waals surface area contributed by atoms with E-state index in [-0.39, 0.29) is 5.91 Å². The molecule has 0 heterocycles. The van der Waals surface area contributed by atoms with Crippen molar-refractivity contribution in [3.63, 3.8) is 0 Å². The number of anilines is 2. The number of amides is 1. The van der Waals surface area contributed by atoms with Gasteiger partial charge in [0.1, 0.15) is 0 Å². The molecule has 0 unspecified atom stereocenters. The lowest BCUT2D eigenvalue weighted by atomic mass is 10.2. The smallest absolute Gasteiger partial charge is 0.225 e. The summed E-state index contributed by atoms with van der Waals surface area (Å²) < 4.78 is 0. The molecule has 3 nitrogen and oxygen atoms in total. The first-order chi connectivity index (χ1) is 9.65. The Balaban J connectivity index is 1.79. The third kappa shape index (κ3) is 4.47. The van der Waals surface area contributed by atoms with Crippen LogP contribution < -0.4 is 11.1 Å². The summed E-state index contributed by atoms with van der Waals surface area (Å²) in [7, 11) is 0. The lowest BCUT2D eigenvalue weighted by Gasteiger charge is -2.07. The van der Waals surface area contributed by atoms with Gasteiger partial charge in [-0.3, -0.25) is 4.79 Å². The summed E-state index contributed by atoms with van der Waals surface area (Å²) >= 11 is 7.49. The Labute approximate surface area is 127 Å². The minimum Gasteiger partial charge on any atom is -0.397 e. The minimum atomic E-state index is -0.0323. The molecule has 20 heavy (non-hydrogen) atoms. The summed E-state index contributed by atoms with van der Waals surface area (Å²) in [5.41, 5.74) is 6.81. The van der Waals surface area contributed by atoms with Gasteiger partial charge in [-0.1, -0.05) is 29.8 Å². The molecule has 2 aromatic carbocycles. The van der Waals surface area contributed by atoms with E-state index in [1.54, 1.807) is 30.0 Å². The van der Waals surface area contributed by atoms with Crippen molar-refractivity contribution in [2.45, 2.75) is 11.3 Å². The number of carbonyl (C=O) groups excluding carboxylic acids is 1. The van der Waals surface area contributed by atoms with Gasteiger partial charge in [0.05, 0.1) is 10.7 Å². The van der Waals surface area contributed by atoms with Crippen molar-refractivity contribution < 1.29 is 4.79 Å². The Morgan fingerprint density at radius 1 is 1.20 bits per heavy atom. The zero-order valence-corrected chi connectivity index (χ0v) is 12.4. The zero-order chi connectivity index (χ0) is 14.4. The van der Waals surface area contributed by atoms with Gasteiger partial charge in [0.25, 0.3) is 0 Å². The van der Waals surface area contributed by atoms with Gasteiger partial charge in [-0.15, -0.1) is 11.8 Å². The number of nitrogens with two attached hydrogens (primary N) is 1. The van der Waals surface area contributed by atoms with Crippen LogP contribution in [0, 0.1) is 0 Å². The standard InChI is InChI=1S/C15H15ClN2OS/c16-13-7-6-11(10-14(13)17)18-15(19)8-9-20-12-4-2-1-3-5-12/h1-7,10H,8-9,17H2,(H,18,19). The molecule has 0 atom stereocenters. The molecular weight excluding hydrogens is 292 g/mol. The van der Waals surface area contributed by atoms with E-state index in [4.69, 9.17) is 17.3 Å². The second-order valence-electron chi connectivity index (χ2n) is 4.20. The van der Waals surface area contributed by atoms with Crippen molar-refractivity contribution in [3.05, 3.63) is 53.6 Å². The lowest BCUT2D eigenvalue weighted by Crippen LogP contribution is -2.12. The molecule has 1 amide bonds. The maximum atomic E-state index is 11.8. The van der Waals surface area contributed by atoms with Gasteiger partial charge in [-0.05, 0) is 30.3 Å². The molecule has 0 aliphatic heterocycles. The minimum absolute atomic E-state index is 0.0323. The molecule has 0 bridgehead atoms. The molecule has 0 aliphatic rings. The molecule has 2 rings (SSSR count). The molecule has 0 spiro atoms. The average molecular weight is 307 g/mol. The Hall–Kier alpha value is -1.65. The van der Waals surface area contributed by atoms with Crippen LogP contribution in [0.3, 0.4) is 0 Å². The summed E-state index contributed by atoms with van der Waals surface area (Å²) in [4.78, 5) is 13.0.